The maximum atomic E-state index is 14.6. The van der Waals surface area contributed by atoms with Gasteiger partial charge in [0.15, 0.2) is 0 Å². The number of nitrogens with zero attached hydrogens (tertiary/aromatic N) is 3. The molecule has 0 unspecified atom stereocenters. The van der Waals surface area contributed by atoms with E-state index in [1.54, 1.807) is 37.3 Å². The molecule has 28 heteroatoms. The highest BCUT2D eigenvalue weighted by Gasteiger charge is 2.97. The zero-order valence-corrected chi connectivity index (χ0v) is 38.5. The number of halogens is 25. The molecule has 0 saturated heterocycles. The molecule has 0 saturated carbocycles. The third-order valence-corrected chi connectivity index (χ3v) is 11.2. The van der Waals surface area contributed by atoms with Crippen LogP contribution in [-0.4, -0.2) is 71.0 Å². The van der Waals surface area contributed by atoms with Crippen LogP contribution in [0.4, 0.5) is 111 Å². The second-order valence-electron chi connectivity index (χ2n) is 15.9. The molecule has 0 radical (unpaired) electrons. The van der Waals surface area contributed by atoms with E-state index in [1.165, 1.54) is 12.1 Å². The van der Waals surface area contributed by atoms with Gasteiger partial charge in [-0.3, -0.25) is 5.01 Å². The Kier molecular flexibility index (Phi) is 17.5. The lowest BCUT2D eigenvalue weighted by atomic mass is 9.85. The minimum Gasteiger partial charge on any atom is -0.274 e. The van der Waals surface area contributed by atoms with E-state index in [0.717, 1.165) is 56.1 Å². The van der Waals surface area contributed by atoms with Crippen molar-refractivity contribution in [2.45, 2.75) is 98.4 Å². The fraction of sp³-hybridized carbons (Fsp3) is 0.378. The number of hydrogen-bond acceptors (Lipinski definition) is 2. The van der Waals surface area contributed by atoms with Crippen molar-refractivity contribution in [1.29, 1.82) is 0 Å². The molecule has 0 aliphatic heterocycles. The fourth-order valence-corrected chi connectivity index (χ4v) is 6.60. The van der Waals surface area contributed by atoms with Crippen molar-refractivity contribution in [3.8, 4) is 0 Å². The highest BCUT2D eigenvalue weighted by atomic mass is 127. The minimum absolute atomic E-state index is 0.0150. The summed E-state index contributed by atoms with van der Waals surface area (Å²) >= 11 is 2.17. The molecule has 0 fully saturated rings. The lowest BCUT2D eigenvalue weighted by Gasteiger charge is -2.44. The third-order valence-electron chi connectivity index (χ3n) is 10.5. The second kappa shape index (κ2) is 21.2. The summed E-state index contributed by atoms with van der Waals surface area (Å²) in [5.74, 6) is -77.6. The molecule has 0 heterocycles. The number of rotatable bonds is 21. The summed E-state index contributed by atoms with van der Waals surface area (Å²) in [6.07, 6.45) is -10.4. The molecule has 0 aromatic heterocycles. The van der Waals surface area contributed by atoms with E-state index in [0.29, 0.717) is 5.56 Å². The molecular weight excluding hydrogens is 1170 g/mol. The highest BCUT2D eigenvalue weighted by Crippen LogP contribution is 2.66. The van der Waals surface area contributed by atoms with E-state index < -0.39 is 95.3 Å². The van der Waals surface area contributed by atoms with E-state index in [9.17, 15) is 105 Å². The topological polar surface area (TPSA) is 28.0 Å². The fourth-order valence-electron chi connectivity index (χ4n) is 6.24. The Morgan fingerprint density at radius 2 is 0.822 bits per heavy atom. The quantitative estimate of drug-likeness (QED) is 0.0269. The number of alkyl halides is 24. The smallest absolute Gasteiger partial charge is 0.274 e. The first-order valence-electron chi connectivity index (χ1n) is 20.3. The summed E-state index contributed by atoms with van der Waals surface area (Å²) in [5.41, 5.74) is 0.251. The van der Waals surface area contributed by atoms with Gasteiger partial charge in [-0.1, -0.05) is 103 Å². The molecule has 3 nitrogen and oxygen atoms in total. The summed E-state index contributed by atoms with van der Waals surface area (Å²) in [6, 6.07) is 21.5. The molecule has 73 heavy (non-hydrogen) atoms. The molecule has 0 aliphatic carbocycles. The number of hydrogen-bond donors (Lipinski definition) is 0. The molecule has 4 aromatic rings. The van der Waals surface area contributed by atoms with E-state index in [4.69, 9.17) is 0 Å². The monoisotopic (exact) mass is 1200 g/mol. The molecule has 0 atom stereocenters. The van der Waals surface area contributed by atoms with Crippen molar-refractivity contribution in [3.63, 3.8) is 0 Å². The van der Waals surface area contributed by atoms with E-state index >= 15 is 0 Å². The van der Waals surface area contributed by atoms with Gasteiger partial charge in [-0.2, -0.15) is 105 Å². The van der Waals surface area contributed by atoms with Crippen LogP contribution in [0, 0.1) is 3.57 Å². The number of benzene rings is 4. The van der Waals surface area contributed by atoms with Crippen molar-refractivity contribution in [1.82, 2.24) is 5.01 Å². The zero-order valence-electron chi connectivity index (χ0n) is 36.3. The minimum atomic E-state index is -9.25. The molecule has 0 aliphatic rings. The van der Waals surface area contributed by atoms with Crippen molar-refractivity contribution in [2.75, 3.05) is 6.54 Å². The Labute approximate surface area is 410 Å². The Morgan fingerprint density at radius 3 is 1.23 bits per heavy atom. The largest absolute Gasteiger partial charge is 0.460 e. The highest BCUT2D eigenvalue weighted by molar-refractivity contribution is 14.1. The number of aryl methyl sites for hydroxylation is 1. The van der Waals surface area contributed by atoms with Crippen LogP contribution in [0.15, 0.2) is 101 Å². The van der Waals surface area contributed by atoms with Gasteiger partial charge in [0, 0.05) is 16.5 Å². The van der Waals surface area contributed by atoms with Crippen molar-refractivity contribution >= 4 is 52.6 Å². The van der Waals surface area contributed by atoms with Crippen LogP contribution in [0.3, 0.4) is 0 Å². The van der Waals surface area contributed by atoms with Crippen molar-refractivity contribution in [3.05, 3.63) is 134 Å². The first-order chi connectivity index (χ1) is 33.1. The Bertz CT molecular complexity index is 2580. The Morgan fingerprint density at radius 1 is 0.452 bits per heavy atom. The molecular formula is C45H32F24IN3. The maximum absolute atomic E-state index is 14.6. The SMILES string of the molecule is CCCN(Cc1ccc(CCC(F)(F)C(F)(F)C(F)(F)C(F)(F)C(F)(F)C(F)(F)C(F)(F)C(F)(F)C(F)(F)C(F)(F)F)cc1)N=Nc1ccc(/C=C/c2ccc(/C=C/c3ccc(I)cc3)cc2)cc1C(F)(F)F. The Hall–Kier alpha value is -5.19. The molecule has 0 amide bonds. The average Bonchev–Trinajstić information content (AvgIpc) is 3.29. The molecule has 0 bridgehead atoms. The van der Waals surface area contributed by atoms with Gasteiger partial charge in [-0.25, -0.2) is 0 Å². The van der Waals surface area contributed by atoms with Gasteiger partial charge in [0.1, 0.15) is 0 Å². The standard InChI is InChI=1S/C45H32F24IN3/c1-2-23-73(72-71-34-20-17-30(24-33(34)36(48,49)50)12-9-27-5-3-26(4-6-27)7-8-28-15-18-32(70)19-16-28)25-31-13-10-29(11-14-31)21-22-35(46,47)37(51,52)38(53,54)39(55,56)40(57,58)41(59,60)42(61,62)43(63,64)44(65,66)45(67,68)69/h3-20,24H,2,21-23,25H2,1H3/b8-7+,12-9+,72-71?. The van der Waals surface area contributed by atoms with E-state index in [2.05, 4.69) is 32.9 Å². The van der Waals surface area contributed by atoms with E-state index in [-0.39, 0.29) is 30.6 Å². The van der Waals surface area contributed by atoms with Gasteiger partial charge in [-0.05, 0) is 93.1 Å². The molecule has 0 N–H and O–H groups in total. The summed E-state index contributed by atoms with van der Waals surface area (Å²) in [5, 5.41) is 8.62. The van der Waals surface area contributed by atoms with Crippen LogP contribution >= 0.6 is 22.6 Å². The van der Waals surface area contributed by atoms with Gasteiger partial charge in [0.05, 0.1) is 17.8 Å². The molecule has 0 spiro atoms. The summed E-state index contributed by atoms with van der Waals surface area (Å²) in [7, 11) is 0. The van der Waals surface area contributed by atoms with Crippen LogP contribution in [-0.2, 0) is 19.1 Å². The van der Waals surface area contributed by atoms with Gasteiger partial charge in [0.25, 0.3) is 0 Å². The molecule has 402 valence electrons. The first-order valence-corrected chi connectivity index (χ1v) is 21.4. The molecule has 4 aromatic carbocycles. The predicted molar refractivity (Wildman–Crippen MR) is 225 cm³/mol. The van der Waals surface area contributed by atoms with Crippen LogP contribution in [0.1, 0.15) is 58.7 Å². The van der Waals surface area contributed by atoms with Gasteiger partial charge < -0.3 is 0 Å². The first kappa shape index (κ1) is 60.4. The van der Waals surface area contributed by atoms with Crippen LogP contribution in [0.2, 0.25) is 0 Å². The lowest BCUT2D eigenvalue weighted by Crippen LogP contribution is -2.76. The van der Waals surface area contributed by atoms with Crippen LogP contribution in [0.25, 0.3) is 24.3 Å². The average molecular weight is 1200 g/mol. The normalized spacial score (nSPS) is 14.5. The van der Waals surface area contributed by atoms with Crippen LogP contribution < -0.4 is 0 Å². The van der Waals surface area contributed by atoms with Gasteiger partial charge >= 0.3 is 65.7 Å². The van der Waals surface area contributed by atoms with Crippen molar-refractivity contribution in [2.24, 2.45) is 10.3 Å². The lowest BCUT2D eigenvalue weighted by molar-refractivity contribution is -0.474. The maximum Gasteiger partial charge on any atom is 0.460 e. The Balaban J connectivity index is 1.47. The van der Waals surface area contributed by atoms with Crippen LogP contribution in [0.5, 0.6) is 0 Å². The van der Waals surface area contributed by atoms with Gasteiger partial charge in [0.2, 0.25) is 0 Å². The molecule has 4 rings (SSSR count). The van der Waals surface area contributed by atoms with E-state index in [1.807, 2.05) is 36.4 Å². The second-order valence-corrected chi connectivity index (χ2v) is 17.1. The van der Waals surface area contributed by atoms with Crippen molar-refractivity contribution < 1.29 is 105 Å². The summed E-state index contributed by atoms with van der Waals surface area (Å²) < 4.78 is 333. The summed E-state index contributed by atoms with van der Waals surface area (Å²) in [4.78, 5) is 0. The summed E-state index contributed by atoms with van der Waals surface area (Å²) in [6.45, 7) is 1.24. The predicted octanol–water partition coefficient (Wildman–Crippen LogP) is 17.8. The third kappa shape index (κ3) is 12.0. The van der Waals surface area contributed by atoms with Gasteiger partial charge in [-0.15, -0.1) is 5.11 Å². The zero-order chi connectivity index (χ0) is 55.7.